The maximum absolute atomic E-state index is 13.4. The molecule has 1 fully saturated rings. The number of rotatable bonds is 13. The van der Waals surface area contributed by atoms with Gasteiger partial charge in [0, 0.05) is 62.3 Å². The number of nitrogens with zero attached hydrogens (tertiary/aromatic N) is 3. The Hall–Kier alpha value is -1.28. The molecule has 3 rings (SSSR count). The quantitative estimate of drug-likeness (QED) is 0.276. The molecule has 1 aliphatic heterocycles. The highest BCUT2D eigenvalue weighted by molar-refractivity contribution is 7.89. The lowest BCUT2D eigenvalue weighted by atomic mass is 10.2. The first-order valence-corrected chi connectivity index (χ1v) is 16.5. The van der Waals surface area contributed by atoms with E-state index in [2.05, 4.69) is 4.90 Å². The van der Waals surface area contributed by atoms with Crippen molar-refractivity contribution in [2.75, 3.05) is 74.5 Å². The highest BCUT2D eigenvalue weighted by Gasteiger charge is 2.35. The van der Waals surface area contributed by atoms with E-state index in [1.807, 2.05) is 11.9 Å². The normalized spacial score (nSPS) is 16.6. The molecule has 1 unspecified atom stereocenters. The molecule has 1 saturated heterocycles. The van der Waals surface area contributed by atoms with Gasteiger partial charge in [0.15, 0.2) is 0 Å². The number of alkyl halides is 2. The van der Waals surface area contributed by atoms with Gasteiger partial charge in [-0.05, 0) is 49.2 Å². The largest absolute Gasteiger partial charge is 0.390 e. The van der Waals surface area contributed by atoms with Gasteiger partial charge in [0.25, 0.3) is 0 Å². The smallest absolute Gasteiger partial charge is 0.316 e. The number of hydrogen-bond donors (Lipinski definition) is 1. The van der Waals surface area contributed by atoms with Crippen molar-refractivity contribution < 1.29 is 21.0 Å². The molecule has 0 aliphatic carbocycles. The highest BCUT2D eigenvalue weighted by Crippen LogP contribution is 2.36. The van der Waals surface area contributed by atoms with E-state index in [9.17, 15) is 16.8 Å². The zero-order valence-electron chi connectivity index (χ0n) is 20.1. The van der Waals surface area contributed by atoms with E-state index in [-0.39, 0.29) is 17.9 Å². The van der Waals surface area contributed by atoms with Gasteiger partial charge in [-0.3, -0.25) is 0 Å². The van der Waals surface area contributed by atoms with Crippen LogP contribution in [0.15, 0.2) is 35.7 Å². The van der Waals surface area contributed by atoms with Gasteiger partial charge in [-0.25, -0.2) is 8.42 Å². The van der Waals surface area contributed by atoms with E-state index in [4.69, 9.17) is 33.1 Å². The third-order valence-electron chi connectivity index (χ3n) is 6.04. The lowest BCUT2D eigenvalue weighted by Crippen LogP contribution is -2.47. The Balaban J connectivity index is 1.78. The second-order valence-electron chi connectivity index (χ2n) is 8.47. The predicted molar refractivity (Wildman–Crippen MR) is 149 cm³/mol. The van der Waals surface area contributed by atoms with Crippen LogP contribution in [0, 0.1) is 0 Å². The zero-order valence-corrected chi connectivity index (χ0v) is 24.0. The standard InChI is InChI=1S/C22H32Cl2N4O5S3/c1-26-12-14-28(15-13-26)35(29,30)17-7-21(20-6-16-34-22(20)25)36(31,32)33-19-4-2-18(3-5-19)27(10-8-23)11-9-24/h2-6,16,21H,7-15,17,25H2,1H3. The summed E-state index contributed by atoms with van der Waals surface area (Å²) in [6.07, 6.45) is -0.171. The molecule has 1 aromatic carbocycles. The molecule has 2 aromatic rings. The van der Waals surface area contributed by atoms with Crippen LogP contribution in [0.25, 0.3) is 0 Å². The number of sulfonamides is 1. The van der Waals surface area contributed by atoms with Gasteiger partial charge in [0.1, 0.15) is 11.0 Å². The molecular weight excluding hydrogens is 567 g/mol. The molecule has 0 bridgehead atoms. The van der Waals surface area contributed by atoms with E-state index in [0.29, 0.717) is 61.6 Å². The lowest BCUT2D eigenvalue weighted by Gasteiger charge is -2.31. The van der Waals surface area contributed by atoms with Gasteiger partial charge < -0.3 is 19.7 Å². The fourth-order valence-electron chi connectivity index (χ4n) is 3.98. The molecule has 2 N–H and O–H groups in total. The van der Waals surface area contributed by atoms with Gasteiger partial charge in [-0.15, -0.1) is 34.5 Å². The Bertz CT molecular complexity index is 1180. The number of anilines is 2. The fraction of sp³-hybridized carbons (Fsp3) is 0.545. The van der Waals surface area contributed by atoms with Crippen molar-refractivity contribution in [3.05, 3.63) is 41.3 Å². The van der Waals surface area contributed by atoms with Crippen LogP contribution in [0.3, 0.4) is 0 Å². The maximum atomic E-state index is 13.4. The van der Waals surface area contributed by atoms with E-state index >= 15 is 0 Å². The van der Waals surface area contributed by atoms with Crippen molar-refractivity contribution in [1.29, 1.82) is 0 Å². The van der Waals surface area contributed by atoms with Crippen LogP contribution in [0.1, 0.15) is 17.2 Å². The Kier molecular flexibility index (Phi) is 10.6. The van der Waals surface area contributed by atoms with Crippen molar-refractivity contribution in [3.63, 3.8) is 0 Å². The predicted octanol–water partition coefficient (Wildman–Crippen LogP) is 3.03. The van der Waals surface area contributed by atoms with Crippen molar-refractivity contribution >= 4 is 65.4 Å². The summed E-state index contributed by atoms with van der Waals surface area (Å²) in [6, 6.07) is 8.17. The molecule has 14 heteroatoms. The SMILES string of the molecule is CN1CCN(S(=O)(=O)CCC(c2ccsc2N)S(=O)(=O)Oc2ccc(N(CCCl)CCCl)cc2)CC1. The van der Waals surface area contributed by atoms with Gasteiger partial charge in [-0.1, -0.05) is 0 Å². The number of nitrogen functional groups attached to an aromatic ring is 1. The average Bonchev–Trinajstić information content (AvgIpc) is 3.24. The molecular formula is C22H32Cl2N4O5S3. The van der Waals surface area contributed by atoms with Gasteiger partial charge >= 0.3 is 10.1 Å². The zero-order chi connectivity index (χ0) is 26.3. The van der Waals surface area contributed by atoms with E-state index in [0.717, 1.165) is 5.69 Å². The molecule has 0 amide bonds. The van der Waals surface area contributed by atoms with Crippen LogP contribution < -0.4 is 14.8 Å². The van der Waals surface area contributed by atoms with Gasteiger partial charge in [0.2, 0.25) is 10.0 Å². The second-order valence-corrected chi connectivity index (χ2v) is 14.0. The topological polar surface area (TPSA) is 113 Å². The summed E-state index contributed by atoms with van der Waals surface area (Å²) in [7, 11) is -5.97. The summed E-state index contributed by atoms with van der Waals surface area (Å²) in [6.45, 7) is 3.20. The van der Waals surface area contributed by atoms with Crippen LogP contribution in [-0.4, -0.2) is 89.9 Å². The summed E-state index contributed by atoms with van der Waals surface area (Å²) in [5.41, 5.74) is 7.22. The average molecular weight is 600 g/mol. The van der Waals surface area contributed by atoms with Crippen molar-refractivity contribution in [2.24, 2.45) is 0 Å². The number of benzene rings is 1. The number of nitrogens with two attached hydrogens (primary N) is 1. The van der Waals surface area contributed by atoms with E-state index in [1.54, 1.807) is 35.7 Å². The second kappa shape index (κ2) is 13.0. The third-order valence-corrected chi connectivity index (χ3v) is 10.7. The van der Waals surface area contributed by atoms with Crippen molar-refractivity contribution in [3.8, 4) is 5.75 Å². The molecule has 1 aromatic heterocycles. The minimum absolute atomic E-state index is 0.121. The first kappa shape index (κ1) is 29.3. The Morgan fingerprint density at radius 1 is 1.03 bits per heavy atom. The van der Waals surface area contributed by atoms with Crippen LogP contribution in [0.4, 0.5) is 10.7 Å². The van der Waals surface area contributed by atoms with Crippen molar-refractivity contribution in [2.45, 2.75) is 11.7 Å². The summed E-state index contributed by atoms with van der Waals surface area (Å²) < 4.78 is 59.6. The van der Waals surface area contributed by atoms with Crippen LogP contribution in [0.5, 0.6) is 5.75 Å². The Morgan fingerprint density at radius 3 is 2.17 bits per heavy atom. The number of piperazine rings is 1. The summed E-state index contributed by atoms with van der Waals surface area (Å²) in [5, 5.41) is 0.770. The molecule has 1 atom stereocenters. The number of likely N-dealkylation sites (N-methyl/N-ethyl adjacent to an activating group) is 1. The monoisotopic (exact) mass is 598 g/mol. The lowest BCUT2D eigenvalue weighted by molar-refractivity contribution is 0.222. The number of halogens is 2. The number of thiophene rings is 1. The molecule has 9 nitrogen and oxygen atoms in total. The number of hydrogen-bond acceptors (Lipinski definition) is 9. The molecule has 2 heterocycles. The summed E-state index contributed by atoms with van der Waals surface area (Å²) in [4.78, 5) is 4.03. The van der Waals surface area contributed by atoms with Crippen molar-refractivity contribution in [1.82, 2.24) is 9.21 Å². The summed E-state index contributed by atoms with van der Waals surface area (Å²) >= 11 is 12.9. The molecule has 0 saturated carbocycles. The summed E-state index contributed by atoms with van der Waals surface area (Å²) in [5.74, 6) is 0.634. The van der Waals surface area contributed by atoms with Crippen LogP contribution in [-0.2, 0) is 20.1 Å². The van der Waals surface area contributed by atoms with Crippen LogP contribution >= 0.6 is 34.5 Å². The third kappa shape index (κ3) is 7.62. The first-order valence-electron chi connectivity index (χ1n) is 11.5. The van der Waals surface area contributed by atoms with Gasteiger partial charge in [0.05, 0.1) is 10.8 Å². The molecule has 1 aliphatic rings. The minimum Gasteiger partial charge on any atom is -0.390 e. The van der Waals surface area contributed by atoms with E-state index in [1.165, 1.54) is 15.6 Å². The molecule has 0 spiro atoms. The Labute approximate surface area is 227 Å². The highest BCUT2D eigenvalue weighted by atomic mass is 35.5. The van der Waals surface area contributed by atoms with Gasteiger partial charge in [-0.2, -0.15) is 12.7 Å². The fourth-order valence-corrected chi connectivity index (χ4v) is 8.25. The first-order chi connectivity index (χ1) is 17.1. The Morgan fingerprint density at radius 2 is 1.64 bits per heavy atom. The molecule has 36 heavy (non-hydrogen) atoms. The van der Waals surface area contributed by atoms with Crippen LogP contribution in [0.2, 0.25) is 0 Å². The molecule has 202 valence electrons. The minimum atomic E-state index is -4.26. The molecule has 0 radical (unpaired) electrons. The maximum Gasteiger partial charge on any atom is 0.316 e. The van der Waals surface area contributed by atoms with E-state index < -0.39 is 25.4 Å².